The number of carbonyl (C=O) groups is 1. The molecule has 2 aromatic rings. The fourth-order valence-corrected chi connectivity index (χ4v) is 4.34. The number of rotatable bonds is 6. The van der Waals surface area contributed by atoms with E-state index in [9.17, 15) is 4.79 Å². The molecule has 5 heteroatoms. The van der Waals surface area contributed by atoms with Crippen LogP contribution in [-0.4, -0.2) is 33.7 Å². The van der Waals surface area contributed by atoms with Crippen LogP contribution in [0, 0.1) is 6.92 Å². The van der Waals surface area contributed by atoms with Crippen LogP contribution >= 0.6 is 0 Å². The fourth-order valence-electron chi connectivity index (χ4n) is 4.34. The lowest BCUT2D eigenvalue weighted by Gasteiger charge is -2.37. The Morgan fingerprint density at radius 2 is 1.82 bits per heavy atom. The Kier molecular flexibility index (Phi) is 6.25. The molecule has 3 rings (SSSR count). The van der Waals surface area contributed by atoms with Crippen LogP contribution in [0.2, 0.25) is 0 Å². The number of aryl methyl sites for hydroxylation is 1. The van der Waals surface area contributed by atoms with Crippen molar-refractivity contribution in [3.05, 3.63) is 52.6 Å². The van der Waals surface area contributed by atoms with Crippen molar-refractivity contribution in [3.63, 3.8) is 0 Å². The molecule has 0 radical (unpaired) electrons. The van der Waals surface area contributed by atoms with Gasteiger partial charge in [0.05, 0.1) is 25.9 Å². The van der Waals surface area contributed by atoms with Crippen molar-refractivity contribution in [2.45, 2.75) is 44.1 Å². The molecule has 3 unspecified atom stereocenters. The van der Waals surface area contributed by atoms with E-state index in [4.69, 9.17) is 19.9 Å². The quantitative estimate of drug-likeness (QED) is 0.588. The fraction of sp³-hybridized carbons (Fsp3) is 0.435. The lowest BCUT2D eigenvalue weighted by Crippen LogP contribution is -2.27. The monoisotopic (exact) mass is 383 g/mol. The maximum atomic E-state index is 11.7. The predicted molar refractivity (Wildman–Crippen MR) is 111 cm³/mol. The summed E-state index contributed by atoms with van der Waals surface area (Å²) >= 11 is 0. The van der Waals surface area contributed by atoms with Gasteiger partial charge in [-0.3, -0.25) is 4.79 Å². The molecule has 0 spiro atoms. The topological polar surface area (TPSA) is 70.8 Å². The van der Waals surface area contributed by atoms with Crippen LogP contribution in [0.4, 0.5) is 5.69 Å². The molecule has 0 saturated heterocycles. The zero-order valence-corrected chi connectivity index (χ0v) is 17.0. The van der Waals surface area contributed by atoms with E-state index < -0.39 is 0 Å². The maximum absolute atomic E-state index is 11.7. The van der Waals surface area contributed by atoms with E-state index in [0.717, 1.165) is 42.4 Å². The van der Waals surface area contributed by atoms with Crippen LogP contribution in [0.3, 0.4) is 0 Å². The average molecular weight is 383 g/mol. The lowest BCUT2D eigenvalue weighted by atomic mass is 9.70. The third-order valence-corrected chi connectivity index (χ3v) is 5.95. The number of aldehydes is 1. The number of nitrogen functional groups attached to an aromatic ring is 1. The lowest BCUT2D eigenvalue weighted by molar-refractivity contribution is 0.0569. The van der Waals surface area contributed by atoms with E-state index in [-0.39, 0.29) is 17.9 Å². The van der Waals surface area contributed by atoms with E-state index in [1.807, 2.05) is 13.0 Å². The van der Waals surface area contributed by atoms with Gasteiger partial charge in [-0.25, -0.2) is 0 Å². The molecule has 0 heterocycles. The first-order valence-corrected chi connectivity index (χ1v) is 9.62. The molecule has 1 aliphatic carbocycles. The van der Waals surface area contributed by atoms with Crippen LogP contribution in [0.25, 0.3) is 0 Å². The molecular weight excluding hydrogens is 354 g/mol. The van der Waals surface area contributed by atoms with Crippen molar-refractivity contribution in [1.82, 2.24) is 0 Å². The standard InChI is InChI=1S/C23H29NO4/c1-14-5-6-15(10-22(14)24)19-8-7-17(26-2)11-20(19)21-12-18(27-3)9-16(13-25)23(21)28-4/h5-6,9-10,12-13,17,19-20H,7-8,11,24H2,1-4H3. The number of nitrogens with two attached hydrogens (primary N) is 1. The Balaban J connectivity index is 2.13. The second-order valence-corrected chi connectivity index (χ2v) is 7.46. The zero-order chi connectivity index (χ0) is 20.3. The number of anilines is 1. The third-order valence-electron chi connectivity index (χ3n) is 5.95. The molecule has 0 aliphatic heterocycles. The van der Waals surface area contributed by atoms with E-state index in [2.05, 4.69) is 18.2 Å². The minimum atomic E-state index is 0.129. The molecule has 2 aromatic carbocycles. The molecule has 0 aromatic heterocycles. The number of hydrogen-bond donors (Lipinski definition) is 1. The molecule has 3 atom stereocenters. The van der Waals surface area contributed by atoms with Gasteiger partial charge in [-0.15, -0.1) is 0 Å². The number of carbonyl (C=O) groups excluding carboxylic acids is 1. The van der Waals surface area contributed by atoms with Gasteiger partial charge in [-0.2, -0.15) is 0 Å². The van der Waals surface area contributed by atoms with Crippen molar-refractivity contribution in [2.75, 3.05) is 27.1 Å². The van der Waals surface area contributed by atoms with Crippen molar-refractivity contribution < 1.29 is 19.0 Å². The molecule has 1 aliphatic rings. The molecule has 1 saturated carbocycles. The van der Waals surface area contributed by atoms with E-state index in [1.165, 1.54) is 5.56 Å². The summed E-state index contributed by atoms with van der Waals surface area (Å²) in [5, 5.41) is 0. The number of ether oxygens (including phenoxy) is 3. The van der Waals surface area contributed by atoms with Crippen LogP contribution < -0.4 is 15.2 Å². The summed E-state index contributed by atoms with van der Waals surface area (Å²) in [5.41, 5.74) is 10.8. The Hall–Kier alpha value is -2.53. The van der Waals surface area contributed by atoms with Crippen molar-refractivity contribution in [2.24, 2.45) is 0 Å². The van der Waals surface area contributed by atoms with E-state index in [1.54, 1.807) is 27.4 Å². The Labute approximate surface area is 166 Å². The highest BCUT2D eigenvalue weighted by molar-refractivity contribution is 5.81. The smallest absolute Gasteiger partial charge is 0.153 e. The summed E-state index contributed by atoms with van der Waals surface area (Å²) in [5.74, 6) is 1.65. The normalized spacial score (nSPS) is 21.9. The minimum absolute atomic E-state index is 0.129. The summed E-state index contributed by atoms with van der Waals surface area (Å²) < 4.78 is 16.8. The Morgan fingerprint density at radius 3 is 2.43 bits per heavy atom. The summed E-state index contributed by atoms with van der Waals surface area (Å²) in [6.07, 6.45) is 3.79. The summed E-state index contributed by atoms with van der Waals surface area (Å²) in [6.45, 7) is 2.01. The van der Waals surface area contributed by atoms with E-state index >= 15 is 0 Å². The van der Waals surface area contributed by atoms with Gasteiger partial charge in [0.25, 0.3) is 0 Å². The van der Waals surface area contributed by atoms with Gasteiger partial charge in [0.2, 0.25) is 0 Å². The highest BCUT2D eigenvalue weighted by atomic mass is 16.5. The molecule has 0 bridgehead atoms. The largest absolute Gasteiger partial charge is 0.497 e. The second kappa shape index (κ2) is 8.65. The van der Waals surface area contributed by atoms with Crippen LogP contribution in [-0.2, 0) is 4.74 Å². The molecule has 0 amide bonds. The number of benzene rings is 2. The van der Waals surface area contributed by atoms with Gasteiger partial charge >= 0.3 is 0 Å². The maximum Gasteiger partial charge on any atom is 0.153 e. The molecule has 1 fully saturated rings. The van der Waals surface area contributed by atoms with Gasteiger partial charge in [-0.05, 0) is 67.3 Å². The van der Waals surface area contributed by atoms with Gasteiger partial charge in [-0.1, -0.05) is 12.1 Å². The molecule has 28 heavy (non-hydrogen) atoms. The van der Waals surface area contributed by atoms with E-state index in [0.29, 0.717) is 17.1 Å². The number of methoxy groups -OCH3 is 3. The molecular formula is C23H29NO4. The van der Waals surface area contributed by atoms with Crippen LogP contribution in [0.1, 0.15) is 58.1 Å². The highest BCUT2D eigenvalue weighted by Gasteiger charge is 2.35. The zero-order valence-electron chi connectivity index (χ0n) is 17.0. The highest BCUT2D eigenvalue weighted by Crippen LogP contribution is 2.49. The average Bonchev–Trinajstić information content (AvgIpc) is 2.74. The number of hydrogen-bond acceptors (Lipinski definition) is 5. The first-order valence-electron chi connectivity index (χ1n) is 9.62. The predicted octanol–water partition coefficient (Wildman–Crippen LogP) is 4.47. The van der Waals surface area contributed by atoms with Gasteiger partial charge in [0, 0.05) is 18.4 Å². The van der Waals surface area contributed by atoms with Crippen molar-refractivity contribution in [1.29, 1.82) is 0 Å². The van der Waals surface area contributed by atoms with Gasteiger partial charge in [0.1, 0.15) is 11.5 Å². The van der Waals surface area contributed by atoms with Crippen molar-refractivity contribution >= 4 is 12.0 Å². The van der Waals surface area contributed by atoms with Gasteiger partial charge in [0.15, 0.2) is 6.29 Å². The van der Waals surface area contributed by atoms with Gasteiger partial charge < -0.3 is 19.9 Å². The minimum Gasteiger partial charge on any atom is -0.497 e. The molecule has 2 N–H and O–H groups in total. The van der Waals surface area contributed by atoms with Crippen LogP contribution in [0.5, 0.6) is 11.5 Å². The Bertz CT molecular complexity index is 849. The molecule has 150 valence electrons. The summed E-state index contributed by atoms with van der Waals surface area (Å²) in [7, 11) is 4.97. The van der Waals surface area contributed by atoms with Crippen molar-refractivity contribution in [3.8, 4) is 11.5 Å². The third kappa shape index (κ3) is 3.85. The Morgan fingerprint density at radius 1 is 1.04 bits per heavy atom. The SMILES string of the molecule is COc1cc(C=O)c(OC)c(C2CC(OC)CCC2c2ccc(C)c(N)c2)c1. The first kappa shape index (κ1) is 20.2. The van der Waals surface area contributed by atoms with Crippen LogP contribution in [0.15, 0.2) is 30.3 Å². The molecule has 5 nitrogen and oxygen atoms in total. The first-order chi connectivity index (χ1) is 13.5. The summed E-state index contributed by atoms with van der Waals surface area (Å²) in [4.78, 5) is 11.7. The summed E-state index contributed by atoms with van der Waals surface area (Å²) in [6, 6.07) is 10.0. The second-order valence-electron chi connectivity index (χ2n) is 7.46.